The van der Waals surface area contributed by atoms with Crippen molar-refractivity contribution in [2.24, 2.45) is 0 Å². The molecule has 0 aliphatic carbocycles. The van der Waals surface area contributed by atoms with Crippen molar-refractivity contribution in [3.05, 3.63) is 66.0 Å². The summed E-state index contributed by atoms with van der Waals surface area (Å²) < 4.78 is 19.9. The summed E-state index contributed by atoms with van der Waals surface area (Å²) in [6, 6.07) is 17.0. The Morgan fingerprint density at radius 1 is 0.966 bits per heavy atom. The van der Waals surface area contributed by atoms with Crippen LogP contribution in [-0.4, -0.2) is 55.4 Å². The average Bonchev–Trinajstić information content (AvgIpc) is 2.70. The highest BCUT2D eigenvalue weighted by molar-refractivity contribution is 5.85. The minimum atomic E-state index is -0.525. The van der Waals surface area contributed by atoms with E-state index in [0.717, 1.165) is 38.2 Å². The van der Waals surface area contributed by atoms with Gasteiger partial charge in [0.25, 0.3) is 0 Å². The second-order valence-electron chi connectivity index (χ2n) is 7.03. The first kappa shape index (κ1) is 25.7. The van der Waals surface area contributed by atoms with Crippen LogP contribution in [0.3, 0.4) is 0 Å². The van der Waals surface area contributed by atoms with Gasteiger partial charge in [0.05, 0.1) is 24.5 Å². The first-order valence-electron chi connectivity index (χ1n) is 9.73. The Bertz CT molecular complexity index is 700. The molecule has 1 N–H and O–H groups in total. The molecule has 0 amide bonds. The van der Waals surface area contributed by atoms with Gasteiger partial charge in [0.1, 0.15) is 5.82 Å². The molecule has 2 aromatic carbocycles. The normalized spacial score (nSPS) is 16.4. The van der Waals surface area contributed by atoms with Gasteiger partial charge in [0, 0.05) is 32.7 Å². The summed E-state index contributed by atoms with van der Waals surface area (Å²) in [5.41, 5.74) is 1.81. The number of halogens is 3. The lowest BCUT2D eigenvalue weighted by molar-refractivity contribution is -0.0240. The van der Waals surface area contributed by atoms with Crippen LogP contribution in [0.1, 0.15) is 25.0 Å². The predicted molar refractivity (Wildman–Crippen MR) is 121 cm³/mol. The molecular formula is C22H31Cl2FN2O2. The highest BCUT2D eigenvalue weighted by atomic mass is 35.5. The Labute approximate surface area is 185 Å². The van der Waals surface area contributed by atoms with E-state index >= 15 is 0 Å². The second kappa shape index (κ2) is 13.0. The van der Waals surface area contributed by atoms with E-state index in [9.17, 15) is 9.50 Å². The van der Waals surface area contributed by atoms with Crippen molar-refractivity contribution in [2.45, 2.75) is 25.6 Å². The van der Waals surface area contributed by atoms with Crippen molar-refractivity contribution in [1.82, 2.24) is 4.90 Å². The monoisotopic (exact) mass is 444 g/mol. The molecule has 0 saturated carbocycles. The fraction of sp³-hybridized carbons (Fsp3) is 0.455. The Balaban J connectivity index is 0.00000210. The van der Waals surface area contributed by atoms with Crippen molar-refractivity contribution in [3.8, 4) is 0 Å². The molecule has 3 rings (SSSR count). The van der Waals surface area contributed by atoms with Gasteiger partial charge < -0.3 is 14.7 Å². The summed E-state index contributed by atoms with van der Waals surface area (Å²) in [7, 11) is 0. The fourth-order valence-electron chi connectivity index (χ4n) is 3.57. The highest BCUT2D eigenvalue weighted by Gasteiger charge is 2.21. The molecule has 2 aromatic rings. The van der Waals surface area contributed by atoms with Gasteiger partial charge in [0.2, 0.25) is 0 Å². The summed E-state index contributed by atoms with van der Waals surface area (Å²) in [5, 5.41) is 10.4. The molecule has 0 aromatic heterocycles. The van der Waals surface area contributed by atoms with Crippen molar-refractivity contribution >= 4 is 30.5 Å². The first-order chi connectivity index (χ1) is 13.2. The number of hydrogen-bond donors (Lipinski definition) is 1. The summed E-state index contributed by atoms with van der Waals surface area (Å²) in [6.45, 7) is 6.12. The number of piperazine rings is 1. The number of β-amino-alcohol motifs (C(OH)–C–C–N with tert-alkyl or cyclic N) is 1. The molecule has 2 atom stereocenters. The van der Waals surface area contributed by atoms with Gasteiger partial charge in [-0.3, -0.25) is 4.90 Å². The average molecular weight is 445 g/mol. The van der Waals surface area contributed by atoms with E-state index in [1.54, 1.807) is 6.07 Å². The largest absolute Gasteiger partial charge is 0.389 e. The van der Waals surface area contributed by atoms with Gasteiger partial charge in [-0.05, 0) is 24.1 Å². The summed E-state index contributed by atoms with van der Waals surface area (Å²) in [4.78, 5) is 4.28. The molecule has 1 heterocycles. The van der Waals surface area contributed by atoms with E-state index in [1.165, 1.54) is 6.07 Å². The number of anilines is 1. The van der Waals surface area contributed by atoms with Crippen molar-refractivity contribution in [2.75, 3.05) is 44.2 Å². The smallest absolute Gasteiger partial charge is 0.146 e. The maximum absolute atomic E-state index is 13.9. The summed E-state index contributed by atoms with van der Waals surface area (Å²) in [5.74, 6) is -0.175. The number of benzene rings is 2. The van der Waals surface area contributed by atoms with Crippen LogP contribution in [0.25, 0.3) is 0 Å². The maximum Gasteiger partial charge on any atom is 0.146 e. The van der Waals surface area contributed by atoms with Crippen LogP contribution in [0.4, 0.5) is 10.1 Å². The molecule has 162 valence electrons. The topological polar surface area (TPSA) is 35.9 Å². The molecule has 0 radical (unpaired) electrons. The fourth-order valence-corrected chi connectivity index (χ4v) is 3.57. The van der Waals surface area contributed by atoms with Crippen LogP contribution >= 0.6 is 24.8 Å². The Hall–Kier alpha value is -1.37. The molecule has 0 spiro atoms. The molecule has 2 unspecified atom stereocenters. The van der Waals surface area contributed by atoms with E-state index in [1.807, 2.05) is 30.3 Å². The standard InChI is InChI=1S/C22H29FN2O2.2ClH/c1-2-22(18-8-4-3-5-9-18)27-17-19(26)16-24-12-14-25(15-13-24)21-11-7-6-10-20(21)23;;/h3-11,19,22,26H,2,12-17H2,1H3;2*1H. The molecule has 0 bridgehead atoms. The van der Waals surface area contributed by atoms with E-state index in [2.05, 4.69) is 28.9 Å². The second-order valence-corrected chi connectivity index (χ2v) is 7.03. The maximum atomic E-state index is 13.9. The molecule has 1 saturated heterocycles. The van der Waals surface area contributed by atoms with Crippen LogP contribution in [0.2, 0.25) is 0 Å². The van der Waals surface area contributed by atoms with Crippen molar-refractivity contribution in [3.63, 3.8) is 0 Å². The minimum Gasteiger partial charge on any atom is -0.389 e. The highest BCUT2D eigenvalue weighted by Crippen LogP contribution is 2.22. The summed E-state index contributed by atoms with van der Waals surface area (Å²) >= 11 is 0. The van der Waals surface area contributed by atoms with Gasteiger partial charge in [0.15, 0.2) is 0 Å². The van der Waals surface area contributed by atoms with E-state index in [-0.39, 0.29) is 36.7 Å². The third-order valence-electron chi connectivity index (χ3n) is 5.07. The lowest BCUT2D eigenvalue weighted by Gasteiger charge is -2.37. The van der Waals surface area contributed by atoms with Gasteiger partial charge in [-0.1, -0.05) is 49.4 Å². The molecule has 29 heavy (non-hydrogen) atoms. The van der Waals surface area contributed by atoms with Crippen molar-refractivity contribution in [1.29, 1.82) is 0 Å². The number of aliphatic hydroxyl groups excluding tert-OH is 1. The SMILES string of the molecule is CCC(OCC(O)CN1CCN(c2ccccc2F)CC1)c1ccccc1.Cl.Cl. The van der Waals surface area contributed by atoms with Gasteiger partial charge in [-0.15, -0.1) is 24.8 Å². The van der Waals surface area contributed by atoms with Gasteiger partial charge >= 0.3 is 0 Å². The number of nitrogens with zero attached hydrogens (tertiary/aromatic N) is 2. The van der Waals surface area contributed by atoms with Crippen LogP contribution in [0.15, 0.2) is 54.6 Å². The van der Waals surface area contributed by atoms with Gasteiger partial charge in [-0.2, -0.15) is 0 Å². The number of ether oxygens (including phenoxy) is 1. The van der Waals surface area contributed by atoms with E-state index in [4.69, 9.17) is 4.74 Å². The number of hydrogen-bond acceptors (Lipinski definition) is 4. The zero-order valence-electron chi connectivity index (χ0n) is 16.7. The van der Waals surface area contributed by atoms with E-state index in [0.29, 0.717) is 18.8 Å². The zero-order chi connectivity index (χ0) is 19.1. The predicted octanol–water partition coefficient (Wildman–Crippen LogP) is 4.32. The molecule has 7 heteroatoms. The quantitative estimate of drug-likeness (QED) is 0.657. The van der Waals surface area contributed by atoms with Crippen LogP contribution < -0.4 is 4.90 Å². The molecule has 4 nitrogen and oxygen atoms in total. The zero-order valence-corrected chi connectivity index (χ0v) is 18.4. The van der Waals surface area contributed by atoms with Crippen LogP contribution in [0.5, 0.6) is 0 Å². The minimum absolute atomic E-state index is 0. The number of para-hydroxylation sites is 1. The Morgan fingerprint density at radius 2 is 1.59 bits per heavy atom. The molecule has 1 aliphatic heterocycles. The first-order valence-corrected chi connectivity index (χ1v) is 9.73. The number of aliphatic hydroxyl groups is 1. The molecular weight excluding hydrogens is 414 g/mol. The van der Waals surface area contributed by atoms with Crippen molar-refractivity contribution < 1.29 is 14.2 Å². The molecule has 1 fully saturated rings. The van der Waals surface area contributed by atoms with E-state index < -0.39 is 6.10 Å². The number of rotatable bonds is 8. The third-order valence-corrected chi connectivity index (χ3v) is 5.07. The summed E-state index contributed by atoms with van der Waals surface area (Å²) in [6.07, 6.45) is 0.361. The molecule has 1 aliphatic rings. The lowest BCUT2D eigenvalue weighted by atomic mass is 10.1. The third kappa shape index (κ3) is 7.43. The Morgan fingerprint density at radius 3 is 2.21 bits per heavy atom. The Kier molecular flexibility index (Phi) is 11.5. The van der Waals surface area contributed by atoms with Crippen LogP contribution in [0, 0.1) is 5.82 Å². The van der Waals surface area contributed by atoms with Crippen LogP contribution in [-0.2, 0) is 4.74 Å². The lowest BCUT2D eigenvalue weighted by Crippen LogP contribution is -2.49. The van der Waals surface area contributed by atoms with Gasteiger partial charge in [-0.25, -0.2) is 4.39 Å².